The van der Waals surface area contributed by atoms with E-state index >= 15 is 0 Å². The predicted molar refractivity (Wildman–Crippen MR) is 107 cm³/mol. The zero-order valence-electron chi connectivity index (χ0n) is 14.8. The number of nitrogens with one attached hydrogen (secondary N) is 2. The molecule has 0 saturated carbocycles. The van der Waals surface area contributed by atoms with Crippen molar-refractivity contribution in [3.63, 3.8) is 0 Å². The molecule has 0 fully saturated rings. The van der Waals surface area contributed by atoms with Crippen molar-refractivity contribution in [3.8, 4) is 0 Å². The second-order valence-corrected chi connectivity index (χ2v) is 7.12. The average Bonchev–Trinajstić information content (AvgIpc) is 3.29. The predicted octanol–water partition coefficient (Wildman–Crippen LogP) is 4.26. The number of aryl methyl sites for hydroxylation is 1. The maximum Gasteiger partial charge on any atom is 0.261 e. The second kappa shape index (κ2) is 8.67. The molecule has 0 aliphatic rings. The molecule has 0 aliphatic carbocycles. The van der Waals surface area contributed by atoms with Crippen molar-refractivity contribution in [1.82, 2.24) is 9.88 Å². The van der Waals surface area contributed by atoms with Gasteiger partial charge in [0.25, 0.3) is 5.91 Å². The second-order valence-electron chi connectivity index (χ2n) is 6.17. The Kier molecular flexibility index (Phi) is 6.07. The summed E-state index contributed by atoms with van der Waals surface area (Å²) >= 11 is 1.41. The van der Waals surface area contributed by atoms with E-state index in [1.54, 1.807) is 6.07 Å². The summed E-state index contributed by atoms with van der Waals surface area (Å²) in [5.41, 5.74) is 1.99. The molecule has 2 heterocycles. The molecule has 2 N–H and O–H groups in total. The Morgan fingerprint density at radius 2 is 2.08 bits per heavy atom. The summed E-state index contributed by atoms with van der Waals surface area (Å²) in [4.78, 5) is 24.6. The zero-order valence-corrected chi connectivity index (χ0v) is 15.6. The lowest BCUT2D eigenvalue weighted by Gasteiger charge is -2.07. The Morgan fingerprint density at radius 1 is 1.19 bits per heavy atom. The molecule has 5 nitrogen and oxygen atoms in total. The number of benzene rings is 1. The number of thiophene rings is 1. The van der Waals surface area contributed by atoms with Crippen LogP contribution < -0.4 is 10.6 Å². The monoisotopic (exact) mass is 369 g/mol. The first-order chi connectivity index (χ1) is 12.7. The number of anilines is 1. The molecule has 136 valence electrons. The van der Waals surface area contributed by atoms with E-state index in [1.807, 2.05) is 29.6 Å². The fourth-order valence-electron chi connectivity index (χ4n) is 2.88. The highest BCUT2D eigenvalue weighted by Crippen LogP contribution is 2.21. The number of nitrogens with zero attached hydrogens (tertiary/aromatic N) is 1. The standard InChI is InChI=1S/C20H23N3O2S/c1-2-11-23-12-9-15-14-16(7-8-17(15)23)22-19(24)6-3-10-21-20(25)18-5-4-13-26-18/h4-5,7-9,12-14H,2-3,6,10-11H2,1H3,(H,21,25)(H,22,24). The van der Waals surface area contributed by atoms with Crippen molar-refractivity contribution in [2.24, 2.45) is 0 Å². The number of carbonyl (C=O) groups excluding carboxylic acids is 2. The molecule has 1 aromatic carbocycles. The van der Waals surface area contributed by atoms with Crippen molar-refractivity contribution in [2.45, 2.75) is 32.7 Å². The van der Waals surface area contributed by atoms with Crippen LogP contribution in [-0.2, 0) is 11.3 Å². The van der Waals surface area contributed by atoms with Gasteiger partial charge in [-0.2, -0.15) is 0 Å². The number of rotatable bonds is 8. The van der Waals surface area contributed by atoms with E-state index in [1.165, 1.54) is 16.9 Å². The van der Waals surface area contributed by atoms with Gasteiger partial charge in [0.1, 0.15) is 0 Å². The third kappa shape index (κ3) is 4.52. The van der Waals surface area contributed by atoms with Crippen LogP contribution in [0.3, 0.4) is 0 Å². The maximum absolute atomic E-state index is 12.1. The van der Waals surface area contributed by atoms with E-state index in [9.17, 15) is 9.59 Å². The van der Waals surface area contributed by atoms with Gasteiger partial charge in [-0.05, 0) is 48.6 Å². The van der Waals surface area contributed by atoms with Gasteiger partial charge in [0.15, 0.2) is 0 Å². The smallest absolute Gasteiger partial charge is 0.261 e. The molecule has 2 amide bonds. The first-order valence-electron chi connectivity index (χ1n) is 8.88. The van der Waals surface area contributed by atoms with Crippen molar-refractivity contribution in [3.05, 3.63) is 52.9 Å². The van der Waals surface area contributed by atoms with Crippen LogP contribution in [0, 0.1) is 0 Å². The van der Waals surface area contributed by atoms with Gasteiger partial charge >= 0.3 is 0 Å². The van der Waals surface area contributed by atoms with Gasteiger partial charge in [-0.15, -0.1) is 11.3 Å². The average molecular weight is 369 g/mol. The summed E-state index contributed by atoms with van der Waals surface area (Å²) in [6.07, 6.45) is 4.15. The molecule has 0 aliphatic heterocycles. The maximum atomic E-state index is 12.1. The minimum atomic E-state index is -0.0811. The molecule has 3 aromatic rings. The molecule has 0 bridgehead atoms. The van der Waals surface area contributed by atoms with Gasteiger partial charge in [-0.3, -0.25) is 9.59 Å². The number of amides is 2. The molecule has 2 aromatic heterocycles. The van der Waals surface area contributed by atoms with E-state index in [4.69, 9.17) is 0 Å². The van der Waals surface area contributed by atoms with E-state index in [-0.39, 0.29) is 11.8 Å². The lowest BCUT2D eigenvalue weighted by molar-refractivity contribution is -0.116. The number of aromatic nitrogens is 1. The summed E-state index contributed by atoms with van der Waals surface area (Å²) < 4.78 is 2.22. The van der Waals surface area contributed by atoms with E-state index < -0.39 is 0 Å². The number of carbonyl (C=O) groups is 2. The molecular weight excluding hydrogens is 346 g/mol. The Balaban J connectivity index is 1.46. The van der Waals surface area contributed by atoms with Crippen LogP contribution in [-0.4, -0.2) is 22.9 Å². The molecule has 0 radical (unpaired) electrons. The van der Waals surface area contributed by atoms with Crippen LogP contribution in [0.4, 0.5) is 5.69 Å². The van der Waals surface area contributed by atoms with Crippen LogP contribution in [0.15, 0.2) is 48.0 Å². The molecule has 0 spiro atoms. The minimum absolute atomic E-state index is 0.0392. The van der Waals surface area contributed by atoms with E-state index in [2.05, 4.69) is 34.4 Å². The van der Waals surface area contributed by atoms with E-state index in [0.717, 1.165) is 24.0 Å². The SMILES string of the molecule is CCCn1ccc2cc(NC(=O)CCCNC(=O)c3cccs3)ccc21. The number of hydrogen-bond donors (Lipinski definition) is 2. The van der Waals surface area contributed by atoms with Gasteiger partial charge in [0.2, 0.25) is 5.91 Å². The van der Waals surface area contributed by atoms with Crippen LogP contribution in [0.5, 0.6) is 0 Å². The lowest BCUT2D eigenvalue weighted by atomic mass is 10.2. The summed E-state index contributed by atoms with van der Waals surface area (Å²) in [5, 5.41) is 8.76. The van der Waals surface area contributed by atoms with E-state index in [0.29, 0.717) is 24.3 Å². The first kappa shape index (κ1) is 18.2. The summed E-state index contributed by atoms with van der Waals surface area (Å²) in [6, 6.07) is 11.7. The highest BCUT2D eigenvalue weighted by molar-refractivity contribution is 7.12. The first-order valence-corrected chi connectivity index (χ1v) is 9.76. The molecule has 0 saturated heterocycles. The van der Waals surface area contributed by atoms with Gasteiger partial charge in [0, 0.05) is 42.3 Å². The fraction of sp³-hybridized carbons (Fsp3) is 0.300. The lowest BCUT2D eigenvalue weighted by Crippen LogP contribution is -2.24. The van der Waals surface area contributed by atoms with Crippen LogP contribution in [0.25, 0.3) is 10.9 Å². The fourth-order valence-corrected chi connectivity index (χ4v) is 3.52. The molecular formula is C20H23N3O2S. The Hall–Kier alpha value is -2.60. The largest absolute Gasteiger partial charge is 0.351 e. The van der Waals surface area contributed by atoms with Crippen LogP contribution >= 0.6 is 11.3 Å². The molecule has 6 heteroatoms. The molecule has 26 heavy (non-hydrogen) atoms. The molecule has 0 atom stereocenters. The number of fused-ring (bicyclic) bond motifs is 1. The Labute approximate surface area is 157 Å². The van der Waals surface area contributed by atoms with Gasteiger partial charge < -0.3 is 15.2 Å². The zero-order chi connectivity index (χ0) is 18.4. The van der Waals surface area contributed by atoms with Crippen molar-refractivity contribution in [2.75, 3.05) is 11.9 Å². The number of hydrogen-bond acceptors (Lipinski definition) is 3. The van der Waals surface area contributed by atoms with Gasteiger partial charge in [-0.25, -0.2) is 0 Å². The van der Waals surface area contributed by atoms with Crippen LogP contribution in [0.1, 0.15) is 35.9 Å². The Bertz CT molecular complexity index is 884. The Morgan fingerprint density at radius 3 is 2.85 bits per heavy atom. The highest BCUT2D eigenvalue weighted by Gasteiger charge is 2.07. The highest BCUT2D eigenvalue weighted by atomic mass is 32.1. The van der Waals surface area contributed by atoms with Gasteiger partial charge in [0.05, 0.1) is 4.88 Å². The van der Waals surface area contributed by atoms with Crippen molar-refractivity contribution < 1.29 is 9.59 Å². The summed E-state index contributed by atoms with van der Waals surface area (Å²) in [6.45, 7) is 3.64. The van der Waals surface area contributed by atoms with Crippen LogP contribution in [0.2, 0.25) is 0 Å². The third-order valence-electron chi connectivity index (χ3n) is 4.13. The quantitative estimate of drug-likeness (QED) is 0.583. The van der Waals surface area contributed by atoms with Crippen molar-refractivity contribution in [1.29, 1.82) is 0 Å². The minimum Gasteiger partial charge on any atom is -0.351 e. The third-order valence-corrected chi connectivity index (χ3v) is 5.00. The normalized spacial score (nSPS) is 10.8. The molecule has 0 unspecified atom stereocenters. The summed E-state index contributed by atoms with van der Waals surface area (Å²) in [5.74, 6) is -0.120. The summed E-state index contributed by atoms with van der Waals surface area (Å²) in [7, 11) is 0. The molecule has 3 rings (SSSR count). The van der Waals surface area contributed by atoms with Crippen molar-refractivity contribution >= 4 is 39.7 Å². The van der Waals surface area contributed by atoms with Gasteiger partial charge in [-0.1, -0.05) is 13.0 Å². The topological polar surface area (TPSA) is 63.1 Å².